The number of amides is 1. The SMILES string of the molecule is CC/C=C\C/C=C\C/C=C\C/C=C\C/C=C\C/C=C\CCCCCCCCCCCCCCCCCCC(=O)NC(CO)C(O)CCCCCCCCCCCCCCCCC. The van der Waals surface area contributed by atoms with Gasteiger partial charge in [-0.15, -0.1) is 0 Å². The summed E-state index contributed by atoms with van der Waals surface area (Å²) in [6.07, 6.45) is 75.9. The highest BCUT2D eigenvalue weighted by Gasteiger charge is 2.20. The average molecular weight is 864 g/mol. The molecule has 0 heterocycles. The molecule has 0 radical (unpaired) electrons. The molecular formula is C58H105NO3. The molecule has 0 saturated carbocycles. The predicted molar refractivity (Wildman–Crippen MR) is 276 cm³/mol. The molecule has 1 amide bonds. The summed E-state index contributed by atoms with van der Waals surface area (Å²) < 4.78 is 0. The van der Waals surface area contributed by atoms with Crippen LogP contribution >= 0.6 is 0 Å². The monoisotopic (exact) mass is 864 g/mol. The van der Waals surface area contributed by atoms with Gasteiger partial charge in [-0.3, -0.25) is 4.79 Å². The summed E-state index contributed by atoms with van der Waals surface area (Å²) in [5.41, 5.74) is 0. The van der Waals surface area contributed by atoms with Crippen LogP contribution < -0.4 is 5.32 Å². The van der Waals surface area contributed by atoms with Gasteiger partial charge in [0.2, 0.25) is 5.91 Å². The van der Waals surface area contributed by atoms with Crippen molar-refractivity contribution in [3.63, 3.8) is 0 Å². The van der Waals surface area contributed by atoms with Gasteiger partial charge in [-0.05, 0) is 64.2 Å². The smallest absolute Gasteiger partial charge is 0.220 e. The second kappa shape index (κ2) is 53.2. The van der Waals surface area contributed by atoms with Gasteiger partial charge in [0.1, 0.15) is 0 Å². The van der Waals surface area contributed by atoms with E-state index in [1.807, 2.05) is 0 Å². The molecule has 4 heteroatoms. The van der Waals surface area contributed by atoms with E-state index < -0.39 is 12.1 Å². The molecule has 0 fully saturated rings. The van der Waals surface area contributed by atoms with Gasteiger partial charge in [0, 0.05) is 6.42 Å². The van der Waals surface area contributed by atoms with E-state index in [0.29, 0.717) is 12.8 Å². The number of hydrogen-bond donors (Lipinski definition) is 3. The van der Waals surface area contributed by atoms with Crippen LogP contribution in [0.15, 0.2) is 72.9 Å². The van der Waals surface area contributed by atoms with E-state index in [1.54, 1.807) is 0 Å². The summed E-state index contributed by atoms with van der Waals surface area (Å²) in [6, 6.07) is -0.538. The van der Waals surface area contributed by atoms with Gasteiger partial charge in [-0.1, -0.05) is 273 Å². The first-order valence-corrected chi connectivity index (χ1v) is 27.1. The highest BCUT2D eigenvalue weighted by Crippen LogP contribution is 2.17. The third-order valence-electron chi connectivity index (χ3n) is 12.2. The number of rotatable bonds is 49. The molecule has 0 aliphatic heterocycles. The number of carbonyl (C=O) groups is 1. The summed E-state index contributed by atoms with van der Waals surface area (Å²) in [4.78, 5) is 12.5. The zero-order valence-corrected chi connectivity index (χ0v) is 41.4. The van der Waals surface area contributed by atoms with E-state index in [2.05, 4.69) is 92.1 Å². The molecule has 0 aromatic rings. The first kappa shape index (κ1) is 59.8. The van der Waals surface area contributed by atoms with Crippen molar-refractivity contribution in [2.45, 2.75) is 283 Å². The Hall–Kier alpha value is -2.17. The molecule has 0 aliphatic carbocycles. The number of allylic oxidation sites excluding steroid dienone is 12. The zero-order chi connectivity index (χ0) is 44.9. The summed E-state index contributed by atoms with van der Waals surface area (Å²) in [5.74, 6) is -0.0311. The normalized spacial score (nSPS) is 13.4. The number of hydrogen-bond acceptors (Lipinski definition) is 3. The van der Waals surface area contributed by atoms with E-state index in [4.69, 9.17) is 0 Å². The minimum Gasteiger partial charge on any atom is -0.394 e. The molecule has 0 rings (SSSR count). The topological polar surface area (TPSA) is 69.6 Å². The Morgan fingerprint density at radius 1 is 0.403 bits per heavy atom. The summed E-state index contributed by atoms with van der Waals surface area (Å²) >= 11 is 0. The predicted octanol–water partition coefficient (Wildman–Crippen LogP) is 17.8. The van der Waals surface area contributed by atoms with Crippen molar-refractivity contribution in [3.8, 4) is 0 Å². The van der Waals surface area contributed by atoms with Crippen molar-refractivity contribution in [1.82, 2.24) is 5.32 Å². The van der Waals surface area contributed by atoms with Crippen molar-refractivity contribution in [2.24, 2.45) is 0 Å². The fourth-order valence-corrected chi connectivity index (χ4v) is 8.13. The Balaban J connectivity index is 3.47. The maximum absolute atomic E-state index is 12.5. The first-order valence-electron chi connectivity index (χ1n) is 27.1. The second-order valence-corrected chi connectivity index (χ2v) is 18.3. The van der Waals surface area contributed by atoms with Crippen molar-refractivity contribution >= 4 is 5.91 Å². The molecule has 0 spiro atoms. The van der Waals surface area contributed by atoms with Gasteiger partial charge in [-0.2, -0.15) is 0 Å². The van der Waals surface area contributed by atoms with E-state index in [-0.39, 0.29) is 12.5 Å². The lowest BCUT2D eigenvalue weighted by Gasteiger charge is -2.22. The summed E-state index contributed by atoms with van der Waals surface area (Å²) in [5, 5.41) is 23.3. The van der Waals surface area contributed by atoms with Crippen molar-refractivity contribution in [3.05, 3.63) is 72.9 Å². The van der Waals surface area contributed by atoms with Gasteiger partial charge < -0.3 is 15.5 Å². The number of carbonyl (C=O) groups excluding carboxylic acids is 1. The van der Waals surface area contributed by atoms with E-state index in [1.165, 1.54) is 180 Å². The minimum atomic E-state index is -0.661. The minimum absolute atomic E-state index is 0.0311. The first-order chi connectivity index (χ1) is 30.7. The van der Waals surface area contributed by atoms with Crippen LogP contribution in [0.1, 0.15) is 271 Å². The number of unbranched alkanes of at least 4 members (excludes halogenated alkanes) is 30. The molecule has 0 saturated heterocycles. The molecule has 2 atom stereocenters. The van der Waals surface area contributed by atoms with E-state index in [0.717, 1.165) is 64.2 Å². The van der Waals surface area contributed by atoms with Gasteiger partial charge >= 0.3 is 0 Å². The van der Waals surface area contributed by atoms with Gasteiger partial charge in [0.15, 0.2) is 0 Å². The number of aliphatic hydroxyl groups excluding tert-OH is 2. The van der Waals surface area contributed by atoms with Crippen LogP contribution in [0.5, 0.6) is 0 Å². The largest absolute Gasteiger partial charge is 0.394 e. The molecule has 0 bridgehead atoms. The standard InChI is InChI=1S/C58H105NO3/c1-3-5-7-9-11-13-15-17-19-20-21-22-23-24-25-26-27-28-29-30-31-32-33-34-35-36-37-38-40-42-44-46-48-50-52-54-58(62)59-56(55-60)57(61)53-51-49-47-45-43-41-39-18-16-14-12-10-8-6-4-2/h5,7,11,13,17,19,21-22,24-25,27-28,56-57,60-61H,3-4,6,8-10,12,14-16,18,20,23,26,29-55H2,1-2H3,(H,59,62)/b7-5-,13-11-,19-17-,22-21-,25-24-,28-27-. The number of aliphatic hydroxyl groups is 2. The fourth-order valence-electron chi connectivity index (χ4n) is 8.13. The molecular weight excluding hydrogens is 759 g/mol. The molecule has 2 unspecified atom stereocenters. The molecule has 0 aromatic carbocycles. The zero-order valence-electron chi connectivity index (χ0n) is 41.4. The van der Waals surface area contributed by atoms with E-state index in [9.17, 15) is 15.0 Å². The van der Waals surface area contributed by atoms with Crippen LogP contribution in [0, 0.1) is 0 Å². The summed E-state index contributed by atoms with van der Waals surface area (Å²) in [7, 11) is 0. The Bertz CT molecular complexity index is 1070. The molecule has 3 N–H and O–H groups in total. The molecule has 360 valence electrons. The maximum atomic E-state index is 12.5. The lowest BCUT2D eigenvalue weighted by molar-refractivity contribution is -0.123. The molecule has 0 aliphatic rings. The highest BCUT2D eigenvalue weighted by atomic mass is 16.3. The Kier molecular flexibility index (Phi) is 51.3. The Morgan fingerprint density at radius 3 is 1.06 bits per heavy atom. The van der Waals surface area contributed by atoms with Crippen molar-refractivity contribution in [2.75, 3.05) is 6.61 Å². The average Bonchev–Trinajstić information content (AvgIpc) is 3.28. The molecule has 0 aromatic heterocycles. The van der Waals surface area contributed by atoms with Crippen LogP contribution in [0.2, 0.25) is 0 Å². The lowest BCUT2D eigenvalue weighted by Crippen LogP contribution is -2.45. The molecule has 62 heavy (non-hydrogen) atoms. The van der Waals surface area contributed by atoms with E-state index >= 15 is 0 Å². The van der Waals surface area contributed by atoms with Gasteiger partial charge in [0.25, 0.3) is 0 Å². The van der Waals surface area contributed by atoms with Crippen LogP contribution in [0.3, 0.4) is 0 Å². The third-order valence-corrected chi connectivity index (χ3v) is 12.2. The Labute approximate surface area is 387 Å². The Morgan fingerprint density at radius 2 is 0.710 bits per heavy atom. The lowest BCUT2D eigenvalue weighted by atomic mass is 10.0. The van der Waals surface area contributed by atoms with Gasteiger partial charge in [0.05, 0.1) is 18.8 Å². The van der Waals surface area contributed by atoms with Crippen LogP contribution in [0.25, 0.3) is 0 Å². The van der Waals surface area contributed by atoms with Crippen LogP contribution in [-0.2, 0) is 4.79 Å². The maximum Gasteiger partial charge on any atom is 0.220 e. The van der Waals surface area contributed by atoms with Crippen LogP contribution in [-0.4, -0.2) is 34.9 Å². The van der Waals surface area contributed by atoms with Crippen LogP contribution in [0.4, 0.5) is 0 Å². The third kappa shape index (κ3) is 48.9. The van der Waals surface area contributed by atoms with Crippen molar-refractivity contribution < 1.29 is 15.0 Å². The quantitative estimate of drug-likeness (QED) is 0.0421. The molecule has 4 nitrogen and oxygen atoms in total. The fraction of sp³-hybridized carbons (Fsp3) is 0.776. The highest BCUT2D eigenvalue weighted by molar-refractivity contribution is 5.76. The second-order valence-electron chi connectivity index (χ2n) is 18.3. The van der Waals surface area contributed by atoms with Crippen molar-refractivity contribution in [1.29, 1.82) is 0 Å². The van der Waals surface area contributed by atoms with Gasteiger partial charge in [-0.25, -0.2) is 0 Å². The number of nitrogens with one attached hydrogen (secondary N) is 1. The summed E-state index contributed by atoms with van der Waals surface area (Å²) in [6.45, 7) is 4.25.